The summed E-state index contributed by atoms with van der Waals surface area (Å²) >= 11 is 0. The Morgan fingerprint density at radius 3 is 1.01 bits per heavy atom. The van der Waals surface area contributed by atoms with E-state index in [9.17, 15) is 30.3 Å². The number of carbonyl (C=O) groups excluding carboxylic acids is 1. The molecule has 0 spiro atoms. The molecule has 1 rings (SSSR count). The maximum atomic E-state index is 13.2. The first-order chi connectivity index (χ1) is 44.8. The Labute approximate surface area is 560 Å². The Bertz CT molecular complexity index is 1860. The molecule has 1 aliphatic heterocycles. The Balaban J connectivity index is 2.14. The number of carbonyl (C=O) groups is 1. The van der Waals surface area contributed by atoms with Crippen molar-refractivity contribution in [1.82, 2.24) is 5.32 Å². The number of hydrogen-bond donors (Lipinski definition) is 6. The number of amides is 1. The van der Waals surface area contributed by atoms with Crippen molar-refractivity contribution < 1.29 is 39.8 Å². The van der Waals surface area contributed by atoms with Crippen LogP contribution in [0.15, 0.2) is 122 Å². The molecule has 1 aliphatic rings. The summed E-state index contributed by atoms with van der Waals surface area (Å²) in [7, 11) is 0. The van der Waals surface area contributed by atoms with Crippen LogP contribution < -0.4 is 5.32 Å². The van der Waals surface area contributed by atoms with Gasteiger partial charge in [-0.05, 0) is 89.9 Å². The first-order valence-corrected chi connectivity index (χ1v) is 38.2. The maximum absolute atomic E-state index is 13.2. The summed E-state index contributed by atoms with van der Waals surface area (Å²) in [6.45, 7) is 3.74. The molecule has 524 valence electrons. The lowest BCUT2D eigenvalue weighted by molar-refractivity contribution is -0.302. The Hall–Kier alpha value is -3.41. The summed E-state index contributed by atoms with van der Waals surface area (Å²) in [4.78, 5) is 13.2. The summed E-state index contributed by atoms with van der Waals surface area (Å²) in [5.41, 5.74) is 0. The molecule has 0 aromatic carbocycles. The molecule has 0 radical (unpaired) electrons. The summed E-state index contributed by atoms with van der Waals surface area (Å²) in [6, 6.07) is -0.745. The Kier molecular flexibility index (Phi) is 65.3. The van der Waals surface area contributed by atoms with Crippen LogP contribution in [0.1, 0.15) is 335 Å². The van der Waals surface area contributed by atoms with Crippen molar-refractivity contribution in [1.29, 1.82) is 0 Å². The van der Waals surface area contributed by atoms with Crippen molar-refractivity contribution in [2.24, 2.45) is 0 Å². The van der Waals surface area contributed by atoms with Gasteiger partial charge in [-0.3, -0.25) is 4.79 Å². The average molecular weight is 1270 g/mol. The predicted octanol–water partition coefficient (Wildman–Crippen LogP) is 21.8. The lowest BCUT2D eigenvalue weighted by Crippen LogP contribution is -2.60. The second kappa shape index (κ2) is 69.4. The van der Waals surface area contributed by atoms with Gasteiger partial charge < -0.3 is 40.3 Å². The van der Waals surface area contributed by atoms with Crippen LogP contribution in [0.3, 0.4) is 0 Å². The van der Waals surface area contributed by atoms with Crippen molar-refractivity contribution in [3.05, 3.63) is 122 Å². The number of ether oxygens (including phenoxy) is 2. The van der Waals surface area contributed by atoms with Crippen LogP contribution in [0, 0.1) is 0 Å². The van der Waals surface area contributed by atoms with Gasteiger partial charge in [0.05, 0.1) is 25.4 Å². The van der Waals surface area contributed by atoms with Gasteiger partial charge in [0.2, 0.25) is 5.91 Å². The van der Waals surface area contributed by atoms with E-state index in [0.717, 1.165) is 116 Å². The van der Waals surface area contributed by atoms with Crippen LogP contribution in [0.4, 0.5) is 0 Å². The minimum absolute atomic E-state index is 0.155. The number of rotatable bonds is 66. The van der Waals surface area contributed by atoms with E-state index in [1.807, 2.05) is 0 Å². The highest BCUT2D eigenvalue weighted by molar-refractivity contribution is 5.76. The summed E-state index contributed by atoms with van der Waals surface area (Å²) in [6.07, 6.45) is 97.1. The van der Waals surface area contributed by atoms with Crippen LogP contribution >= 0.6 is 0 Å². The molecule has 91 heavy (non-hydrogen) atoms. The van der Waals surface area contributed by atoms with Gasteiger partial charge in [0.15, 0.2) is 6.29 Å². The van der Waals surface area contributed by atoms with E-state index in [1.165, 1.54) is 193 Å². The molecule has 0 bridgehead atoms. The second-order valence-electron chi connectivity index (χ2n) is 26.1. The number of aliphatic hydroxyl groups excluding tert-OH is 5. The zero-order valence-corrected chi connectivity index (χ0v) is 58.8. The first kappa shape index (κ1) is 85.6. The minimum atomic E-state index is -1.57. The standard InChI is InChI=1S/C82H143NO8/c1-3-5-7-9-11-13-15-17-19-21-23-25-27-29-31-33-35-37-38-40-42-44-46-48-50-52-54-56-58-60-62-64-66-68-70-72-78(86)83-75(74-90-82-81(89)80(88)79(87)77(73-84)91-82)76(85)71-69-67-65-63-61-59-57-55-53-51-49-47-45-43-41-39-36-34-32-30-28-26-24-22-20-18-16-14-12-10-8-6-4-2/h5,7,11,13,17,19,23,25,29,31,35,37,40,42,46,48,52,54,58,60,75-77,79-82,84-85,87-89H,3-4,6,8-10,12,14-16,18,20-22,24,26-28,30,32-34,36,38-39,41,43-45,47,49-51,53,55-57,59,61-74H2,1-2H3,(H,83,86)/b7-5-,13-11-,19-17-,25-23-,31-29-,37-35-,42-40-,48-46-,54-52-,60-58-. The molecule has 7 atom stereocenters. The monoisotopic (exact) mass is 1270 g/mol. The van der Waals surface area contributed by atoms with E-state index in [2.05, 4.69) is 141 Å². The number of nitrogens with one attached hydrogen (secondary N) is 1. The molecular weight excluding hydrogens is 1130 g/mol. The lowest BCUT2D eigenvalue weighted by atomic mass is 9.99. The molecule has 0 saturated carbocycles. The van der Waals surface area contributed by atoms with E-state index < -0.39 is 49.5 Å². The van der Waals surface area contributed by atoms with E-state index in [-0.39, 0.29) is 12.5 Å². The largest absolute Gasteiger partial charge is 0.394 e. The van der Waals surface area contributed by atoms with Gasteiger partial charge in [-0.1, -0.05) is 360 Å². The normalized spacial score (nSPS) is 18.4. The molecule has 0 aromatic heterocycles. The summed E-state index contributed by atoms with van der Waals surface area (Å²) in [5.74, 6) is -0.169. The zero-order valence-electron chi connectivity index (χ0n) is 58.8. The molecule has 1 heterocycles. The van der Waals surface area contributed by atoms with Crippen LogP contribution in [0.5, 0.6) is 0 Å². The molecule has 6 N–H and O–H groups in total. The van der Waals surface area contributed by atoms with Crippen LogP contribution in [0.25, 0.3) is 0 Å². The zero-order chi connectivity index (χ0) is 65.7. The van der Waals surface area contributed by atoms with Gasteiger partial charge in [-0.2, -0.15) is 0 Å². The fourth-order valence-corrected chi connectivity index (χ4v) is 11.7. The van der Waals surface area contributed by atoms with Gasteiger partial charge in [0, 0.05) is 6.42 Å². The smallest absolute Gasteiger partial charge is 0.220 e. The molecule has 1 amide bonds. The fourth-order valence-electron chi connectivity index (χ4n) is 11.7. The summed E-state index contributed by atoms with van der Waals surface area (Å²) < 4.78 is 11.4. The second-order valence-corrected chi connectivity index (χ2v) is 26.1. The average Bonchev–Trinajstić information content (AvgIpc) is 1.58. The fraction of sp³-hybridized carbons (Fsp3) is 0.744. The molecule has 7 unspecified atom stereocenters. The van der Waals surface area contributed by atoms with Crippen LogP contribution in [-0.4, -0.2) is 87.5 Å². The molecule has 0 aromatic rings. The highest BCUT2D eigenvalue weighted by Crippen LogP contribution is 2.24. The van der Waals surface area contributed by atoms with Gasteiger partial charge in [-0.15, -0.1) is 0 Å². The van der Waals surface area contributed by atoms with E-state index in [4.69, 9.17) is 9.47 Å². The number of hydrogen-bond acceptors (Lipinski definition) is 8. The molecular formula is C82H143NO8. The highest BCUT2D eigenvalue weighted by Gasteiger charge is 2.44. The van der Waals surface area contributed by atoms with E-state index in [1.54, 1.807) is 0 Å². The van der Waals surface area contributed by atoms with Gasteiger partial charge in [0.25, 0.3) is 0 Å². The molecule has 9 heteroatoms. The van der Waals surface area contributed by atoms with E-state index in [0.29, 0.717) is 12.8 Å². The minimum Gasteiger partial charge on any atom is -0.394 e. The third-order valence-electron chi connectivity index (χ3n) is 17.6. The van der Waals surface area contributed by atoms with Gasteiger partial charge >= 0.3 is 0 Å². The van der Waals surface area contributed by atoms with Crippen LogP contribution in [0.2, 0.25) is 0 Å². The van der Waals surface area contributed by atoms with Crippen molar-refractivity contribution in [3.8, 4) is 0 Å². The third-order valence-corrected chi connectivity index (χ3v) is 17.6. The number of allylic oxidation sites excluding steroid dienone is 20. The third kappa shape index (κ3) is 57.7. The van der Waals surface area contributed by atoms with Crippen molar-refractivity contribution in [2.45, 2.75) is 378 Å². The molecule has 1 fully saturated rings. The van der Waals surface area contributed by atoms with E-state index >= 15 is 0 Å². The highest BCUT2D eigenvalue weighted by atomic mass is 16.7. The van der Waals surface area contributed by atoms with Crippen molar-refractivity contribution in [3.63, 3.8) is 0 Å². The Morgan fingerprint density at radius 1 is 0.385 bits per heavy atom. The van der Waals surface area contributed by atoms with Gasteiger partial charge in [-0.25, -0.2) is 0 Å². The molecule has 1 saturated heterocycles. The lowest BCUT2D eigenvalue weighted by Gasteiger charge is -2.40. The number of unbranched alkanes of at least 4 members (excludes halogenated alkanes) is 36. The first-order valence-electron chi connectivity index (χ1n) is 38.2. The van der Waals surface area contributed by atoms with Gasteiger partial charge in [0.1, 0.15) is 24.4 Å². The quantitative estimate of drug-likeness (QED) is 0.0261. The predicted molar refractivity (Wildman–Crippen MR) is 391 cm³/mol. The molecule has 0 aliphatic carbocycles. The maximum Gasteiger partial charge on any atom is 0.220 e. The summed E-state index contributed by atoms with van der Waals surface area (Å²) in [5, 5.41) is 55.0. The van der Waals surface area contributed by atoms with Crippen molar-refractivity contribution in [2.75, 3.05) is 13.2 Å². The Morgan fingerprint density at radius 2 is 0.681 bits per heavy atom. The molecule has 9 nitrogen and oxygen atoms in total. The number of aliphatic hydroxyl groups is 5. The SMILES string of the molecule is CC/C=C\C/C=C\C/C=C\C/C=C\C/C=C\C/C=C\C/C=C\C/C=C\C/C=C\C/C=C\CCCCCCC(=O)NC(COC1OC(CO)C(O)C(O)C1O)C(O)CCCCCCCCCCCCCCCCCCCCCCCCCCCCCCCCCCC. The topological polar surface area (TPSA) is 149 Å². The van der Waals surface area contributed by atoms with Crippen LogP contribution in [-0.2, 0) is 14.3 Å². The van der Waals surface area contributed by atoms with Crippen molar-refractivity contribution >= 4 is 5.91 Å².